The number of methoxy groups -OCH3 is 1. The van der Waals surface area contributed by atoms with E-state index in [1.807, 2.05) is 19.1 Å². The molecule has 8 nitrogen and oxygen atoms in total. The van der Waals surface area contributed by atoms with Crippen molar-refractivity contribution < 1.29 is 22.7 Å². The molecule has 3 rings (SSSR count). The highest BCUT2D eigenvalue weighted by atomic mass is 79.9. The van der Waals surface area contributed by atoms with Gasteiger partial charge in [-0.15, -0.1) is 0 Å². The first kappa shape index (κ1) is 29.0. The van der Waals surface area contributed by atoms with E-state index in [0.29, 0.717) is 22.3 Å². The first-order valence-corrected chi connectivity index (χ1v) is 15.2. The van der Waals surface area contributed by atoms with Crippen molar-refractivity contribution in [1.29, 1.82) is 0 Å². The molecule has 1 aliphatic rings. The van der Waals surface area contributed by atoms with Crippen molar-refractivity contribution in [2.24, 2.45) is 0 Å². The smallest absolute Gasteiger partial charge is 0.244 e. The van der Waals surface area contributed by atoms with Gasteiger partial charge in [0.2, 0.25) is 21.8 Å². The number of rotatable bonds is 11. The molecular formula is C27H36BrN3O5S. The Morgan fingerprint density at radius 1 is 1.08 bits per heavy atom. The molecule has 2 aromatic rings. The number of carbonyl (C=O) groups is 2. The summed E-state index contributed by atoms with van der Waals surface area (Å²) in [5.41, 5.74) is 1.17. The lowest BCUT2D eigenvalue weighted by molar-refractivity contribution is -0.140. The number of sulfonamides is 1. The summed E-state index contributed by atoms with van der Waals surface area (Å²) >= 11 is 3.40. The Morgan fingerprint density at radius 3 is 2.30 bits per heavy atom. The number of amides is 2. The van der Waals surface area contributed by atoms with Gasteiger partial charge >= 0.3 is 0 Å². The van der Waals surface area contributed by atoms with Gasteiger partial charge in [0.05, 0.1) is 19.1 Å². The van der Waals surface area contributed by atoms with E-state index in [1.165, 1.54) is 11.3 Å². The van der Waals surface area contributed by atoms with E-state index in [2.05, 4.69) is 21.2 Å². The summed E-state index contributed by atoms with van der Waals surface area (Å²) in [5, 5.41) is 3.14. The van der Waals surface area contributed by atoms with Crippen LogP contribution >= 0.6 is 15.9 Å². The predicted molar refractivity (Wildman–Crippen MR) is 149 cm³/mol. The van der Waals surface area contributed by atoms with E-state index in [0.717, 1.165) is 41.8 Å². The molecule has 202 valence electrons. The third-order valence-electron chi connectivity index (χ3n) is 6.65. The molecule has 10 heteroatoms. The molecule has 0 saturated heterocycles. The van der Waals surface area contributed by atoms with Crippen LogP contribution in [-0.4, -0.2) is 57.1 Å². The van der Waals surface area contributed by atoms with Crippen molar-refractivity contribution >= 4 is 43.5 Å². The summed E-state index contributed by atoms with van der Waals surface area (Å²) in [6.07, 6.45) is 6.64. The van der Waals surface area contributed by atoms with Gasteiger partial charge in [-0.25, -0.2) is 8.42 Å². The molecule has 37 heavy (non-hydrogen) atoms. The van der Waals surface area contributed by atoms with Gasteiger partial charge in [-0.1, -0.05) is 50.5 Å². The van der Waals surface area contributed by atoms with E-state index >= 15 is 0 Å². The van der Waals surface area contributed by atoms with Crippen molar-refractivity contribution in [2.75, 3.05) is 24.2 Å². The Labute approximate surface area is 228 Å². The summed E-state index contributed by atoms with van der Waals surface area (Å²) in [4.78, 5) is 28.7. The fourth-order valence-electron chi connectivity index (χ4n) is 4.64. The second-order valence-electron chi connectivity index (χ2n) is 9.36. The quantitative estimate of drug-likeness (QED) is 0.414. The zero-order chi connectivity index (χ0) is 27.0. The standard InChI is InChI=1S/C27H36BrN3O5S/c1-4-24(27(33)29-21-10-6-5-7-11-21)30(18-20-14-16-22(36-2)17-15-20)26(32)19-31(37(3,34)35)25-13-9-8-12-23(25)28/h8-9,12-17,21,24H,4-7,10-11,18-19H2,1-3H3,(H,29,33). The minimum atomic E-state index is -3.79. The molecule has 1 N–H and O–H groups in total. The van der Waals surface area contributed by atoms with Crippen molar-refractivity contribution in [2.45, 2.75) is 64.1 Å². The average Bonchev–Trinajstić information content (AvgIpc) is 2.88. The second kappa shape index (κ2) is 13.3. The van der Waals surface area contributed by atoms with Crippen LogP contribution in [0.1, 0.15) is 51.0 Å². The number of anilines is 1. The topological polar surface area (TPSA) is 96.0 Å². The summed E-state index contributed by atoms with van der Waals surface area (Å²) < 4.78 is 32.4. The Kier molecular flexibility index (Phi) is 10.4. The van der Waals surface area contributed by atoms with Crippen LogP contribution < -0.4 is 14.4 Å². The Morgan fingerprint density at radius 2 is 1.73 bits per heavy atom. The lowest BCUT2D eigenvalue weighted by Crippen LogP contribution is -2.54. The molecule has 2 amide bonds. The Bertz CT molecular complexity index is 1170. The van der Waals surface area contributed by atoms with Gasteiger partial charge in [0.25, 0.3) is 0 Å². The van der Waals surface area contributed by atoms with Crippen LogP contribution in [0.2, 0.25) is 0 Å². The fraction of sp³-hybridized carbons (Fsp3) is 0.481. The molecule has 0 bridgehead atoms. The molecule has 1 aliphatic carbocycles. The third-order valence-corrected chi connectivity index (χ3v) is 8.45. The molecule has 2 aromatic carbocycles. The normalized spacial score (nSPS) is 15.0. The number of nitrogens with zero attached hydrogens (tertiary/aromatic N) is 2. The van der Waals surface area contributed by atoms with Gasteiger partial charge in [-0.3, -0.25) is 13.9 Å². The minimum Gasteiger partial charge on any atom is -0.497 e. The molecule has 1 unspecified atom stereocenters. The van der Waals surface area contributed by atoms with E-state index in [9.17, 15) is 18.0 Å². The monoisotopic (exact) mass is 593 g/mol. The highest BCUT2D eigenvalue weighted by Crippen LogP contribution is 2.28. The van der Waals surface area contributed by atoms with Crippen molar-refractivity contribution in [3.05, 3.63) is 58.6 Å². The highest BCUT2D eigenvalue weighted by Gasteiger charge is 2.33. The number of nitrogens with one attached hydrogen (secondary N) is 1. The lowest BCUT2D eigenvalue weighted by Gasteiger charge is -2.34. The van der Waals surface area contributed by atoms with Gasteiger partial charge in [0, 0.05) is 17.1 Å². The van der Waals surface area contributed by atoms with Crippen molar-refractivity contribution in [1.82, 2.24) is 10.2 Å². The van der Waals surface area contributed by atoms with Crippen LogP contribution in [0.25, 0.3) is 0 Å². The summed E-state index contributed by atoms with van der Waals surface area (Å²) in [6.45, 7) is 1.60. The Balaban J connectivity index is 1.92. The van der Waals surface area contributed by atoms with Gasteiger partial charge in [-0.2, -0.15) is 0 Å². The van der Waals surface area contributed by atoms with Gasteiger partial charge < -0.3 is 15.0 Å². The van der Waals surface area contributed by atoms with Crippen molar-refractivity contribution in [3.63, 3.8) is 0 Å². The van der Waals surface area contributed by atoms with E-state index in [-0.39, 0.29) is 18.5 Å². The molecule has 0 radical (unpaired) electrons. The first-order chi connectivity index (χ1) is 17.6. The van der Waals surface area contributed by atoms with Gasteiger partial charge in [-0.05, 0) is 65.0 Å². The molecule has 1 atom stereocenters. The molecule has 0 heterocycles. The number of para-hydroxylation sites is 1. The minimum absolute atomic E-state index is 0.0982. The van der Waals surface area contributed by atoms with Crippen molar-refractivity contribution in [3.8, 4) is 5.75 Å². The molecule has 1 saturated carbocycles. The van der Waals surface area contributed by atoms with Gasteiger partial charge in [0.1, 0.15) is 18.3 Å². The molecule has 1 fully saturated rings. The van der Waals surface area contributed by atoms with Crippen LogP contribution in [0.15, 0.2) is 53.0 Å². The number of carbonyl (C=O) groups excluding carboxylic acids is 2. The number of hydrogen-bond donors (Lipinski definition) is 1. The van der Waals surface area contributed by atoms with Crippen LogP contribution in [0, 0.1) is 0 Å². The average molecular weight is 595 g/mol. The van der Waals surface area contributed by atoms with Gasteiger partial charge in [0.15, 0.2) is 0 Å². The molecular weight excluding hydrogens is 558 g/mol. The number of ether oxygens (including phenoxy) is 1. The maximum absolute atomic E-state index is 13.8. The summed E-state index contributed by atoms with van der Waals surface area (Å²) in [6, 6.07) is 13.5. The van der Waals surface area contributed by atoms with Crippen LogP contribution in [0.3, 0.4) is 0 Å². The third kappa shape index (κ3) is 7.95. The zero-order valence-electron chi connectivity index (χ0n) is 21.7. The lowest BCUT2D eigenvalue weighted by atomic mass is 9.95. The van der Waals surface area contributed by atoms with E-state index in [4.69, 9.17) is 4.74 Å². The summed E-state index contributed by atoms with van der Waals surface area (Å²) in [5.74, 6) is 0.0200. The predicted octanol–water partition coefficient (Wildman–Crippen LogP) is 4.48. The molecule has 0 aromatic heterocycles. The zero-order valence-corrected chi connectivity index (χ0v) is 24.1. The van der Waals surface area contributed by atoms with Crippen LogP contribution in [0.5, 0.6) is 5.75 Å². The SMILES string of the molecule is CCC(C(=O)NC1CCCCC1)N(Cc1ccc(OC)cc1)C(=O)CN(c1ccccc1Br)S(C)(=O)=O. The number of benzene rings is 2. The second-order valence-corrected chi connectivity index (χ2v) is 12.1. The highest BCUT2D eigenvalue weighted by molar-refractivity contribution is 9.10. The van der Waals surface area contributed by atoms with E-state index < -0.39 is 28.5 Å². The van der Waals surface area contributed by atoms with E-state index in [1.54, 1.807) is 43.5 Å². The maximum Gasteiger partial charge on any atom is 0.244 e. The first-order valence-electron chi connectivity index (χ1n) is 12.6. The maximum atomic E-state index is 13.8. The fourth-order valence-corrected chi connectivity index (χ4v) is 6.12. The molecule has 0 spiro atoms. The molecule has 0 aliphatic heterocycles. The number of halogens is 1. The Hall–Kier alpha value is -2.59. The number of hydrogen-bond acceptors (Lipinski definition) is 5. The van der Waals surface area contributed by atoms with Crippen LogP contribution in [0.4, 0.5) is 5.69 Å². The van der Waals surface area contributed by atoms with Crippen LogP contribution in [-0.2, 0) is 26.2 Å². The largest absolute Gasteiger partial charge is 0.497 e. The summed E-state index contributed by atoms with van der Waals surface area (Å²) in [7, 11) is -2.21.